The lowest BCUT2D eigenvalue weighted by atomic mass is 9.88. The molecule has 9 heteroatoms. The van der Waals surface area contributed by atoms with Gasteiger partial charge in [0.1, 0.15) is 6.04 Å². The standard InChI is InChI=1S/C26H40ClN5O3/c1-17(2)11-21(25(35)30(5)6)29-24(34)18-12-19(14-28-13-18)32-15-23(33)31(16-26(32,3)4)22-10-8-7-9-20(22)27/h7-10,17-19,21,28H,11-16H2,1-6H3,(H,29,34)/t18-,19+,21+/m0/s1. The lowest BCUT2D eigenvalue weighted by Gasteiger charge is -2.51. The number of benzene rings is 1. The van der Waals surface area contributed by atoms with Crippen molar-refractivity contribution < 1.29 is 14.4 Å². The number of amides is 3. The number of nitrogens with zero attached hydrogens (tertiary/aromatic N) is 3. The number of likely N-dealkylation sites (N-methyl/N-ethyl adjacent to an activating group) is 1. The molecule has 2 N–H and O–H groups in total. The molecule has 2 aliphatic heterocycles. The van der Waals surface area contributed by atoms with Crippen LogP contribution < -0.4 is 15.5 Å². The van der Waals surface area contributed by atoms with Gasteiger partial charge in [-0.15, -0.1) is 0 Å². The maximum Gasteiger partial charge on any atom is 0.244 e. The molecule has 0 saturated carbocycles. The number of rotatable bonds is 7. The number of piperidine rings is 1. The molecule has 0 aliphatic carbocycles. The van der Waals surface area contributed by atoms with Crippen LogP contribution in [0.5, 0.6) is 0 Å². The van der Waals surface area contributed by atoms with Gasteiger partial charge in [0.05, 0.1) is 23.2 Å². The highest BCUT2D eigenvalue weighted by Crippen LogP contribution is 2.33. The van der Waals surface area contributed by atoms with Crippen molar-refractivity contribution in [2.24, 2.45) is 11.8 Å². The van der Waals surface area contributed by atoms with Crippen molar-refractivity contribution in [2.75, 3.05) is 45.2 Å². The Morgan fingerprint density at radius 2 is 1.91 bits per heavy atom. The number of anilines is 1. The average Bonchev–Trinajstić information content (AvgIpc) is 2.79. The largest absolute Gasteiger partial charge is 0.347 e. The molecule has 3 atom stereocenters. The summed E-state index contributed by atoms with van der Waals surface area (Å²) in [7, 11) is 3.42. The van der Waals surface area contributed by atoms with Crippen molar-refractivity contribution in [1.82, 2.24) is 20.4 Å². The Morgan fingerprint density at radius 1 is 1.23 bits per heavy atom. The van der Waals surface area contributed by atoms with Gasteiger partial charge in [0, 0.05) is 45.3 Å². The second kappa shape index (κ2) is 11.3. The van der Waals surface area contributed by atoms with Gasteiger partial charge in [-0.2, -0.15) is 0 Å². The third-order valence-corrected chi connectivity index (χ3v) is 7.29. The molecule has 8 nitrogen and oxygen atoms in total. The van der Waals surface area contributed by atoms with Crippen LogP contribution in [0.3, 0.4) is 0 Å². The van der Waals surface area contributed by atoms with E-state index in [0.717, 1.165) is 5.69 Å². The number of carbonyl (C=O) groups is 3. The molecular weight excluding hydrogens is 466 g/mol. The second-order valence-electron chi connectivity index (χ2n) is 11.0. The highest BCUT2D eigenvalue weighted by atomic mass is 35.5. The maximum atomic E-state index is 13.2. The van der Waals surface area contributed by atoms with Gasteiger partial charge in [0.15, 0.2) is 0 Å². The Morgan fingerprint density at radius 3 is 2.54 bits per heavy atom. The van der Waals surface area contributed by atoms with Crippen molar-refractivity contribution in [1.29, 1.82) is 0 Å². The molecule has 2 heterocycles. The molecule has 3 rings (SSSR count). The van der Waals surface area contributed by atoms with Gasteiger partial charge in [-0.05, 0) is 44.7 Å². The van der Waals surface area contributed by atoms with Crippen LogP contribution in [-0.4, -0.2) is 85.4 Å². The van der Waals surface area contributed by atoms with E-state index >= 15 is 0 Å². The van der Waals surface area contributed by atoms with Crippen LogP contribution in [0.25, 0.3) is 0 Å². The minimum atomic E-state index is -0.532. The first-order chi connectivity index (χ1) is 16.4. The Balaban J connectivity index is 1.70. The SMILES string of the molecule is CC(C)C[C@@H](NC(=O)[C@@H]1CNC[C@H](N2CC(=O)N(c3ccccc3Cl)CC2(C)C)C1)C(=O)N(C)C. The van der Waals surface area contributed by atoms with Crippen LogP contribution in [0.1, 0.15) is 40.5 Å². The van der Waals surface area contributed by atoms with E-state index in [1.165, 1.54) is 4.90 Å². The highest BCUT2D eigenvalue weighted by molar-refractivity contribution is 6.33. The quantitative estimate of drug-likeness (QED) is 0.594. The molecule has 2 saturated heterocycles. The first-order valence-electron chi connectivity index (χ1n) is 12.4. The Labute approximate surface area is 214 Å². The smallest absolute Gasteiger partial charge is 0.244 e. The third-order valence-electron chi connectivity index (χ3n) is 6.97. The fraction of sp³-hybridized carbons (Fsp3) is 0.654. The van der Waals surface area contributed by atoms with Crippen molar-refractivity contribution >= 4 is 35.0 Å². The summed E-state index contributed by atoms with van der Waals surface area (Å²) in [6.45, 7) is 10.4. The van der Waals surface area contributed by atoms with E-state index in [1.807, 2.05) is 32.0 Å². The van der Waals surface area contributed by atoms with Crippen LogP contribution >= 0.6 is 11.6 Å². The number of halogens is 1. The summed E-state index contributed by atoms with van der Waals surface area (Å²) in [4.78, 5) is 44.5. The summed E-state index contributed by atoms with van der Waals surface area (Å²) in [6, 6.07) is 6.90. The molecule has 0 spiro atoms. The topological polar surface area (TPSA) is 85.0 Å². The molecule has 0 unspecified atom stereocenters. The first kappa shape index (κ1) is 27.4. The predicted molar refractivity (Wildman–Crippen MR) is 139 cm³/mol. The zero-order valence-corrected chi connectivity index (χ0v) is 22.6. The summed E-state index contributed by atoms with van der Waals surface area (Å²) >= 11 is 6.38. The number of hydrogen-bond acceptors (Lipinski definition) is 5. The molecule has 0 aromatic heterocycles. The Hall–Kier alpha value is -2.16. The molecule has 1 aromatic carbocycles. The summed E-state index contributed by atoms with van der Waals surface area (Å²) < 4.78 is 0. The molecule has 194 valence electrons. The van der Waals surface area contributed by atoms with E-state index in [2.05, 4.69) is 29.4 Å². The van der Waals surface area contributed by atoms with E-state index < -0.39 is 6.04 Å². The van der Waals surface area contributed by atoms with Gasteiger partial charge < -0.3 is 20.4 Å². The van der Waals surface area contributed by atoms with Crippen LogP contribution in [0, 0.1) is 11.8 Å². The van der Waals surface area contributed by atoms with E-state index in [-0.39, 0.29) is 47.7 Å². The van der Waals surface area contributed by atoms with E-state index in [1.54, 1.807) is 25.1 Å². The van der Waals surface area contributed by atoms with Gasteiger partial charge in [0.2, 0.25) is 17.7 Å². The normalized spacial score (nSPS) is 23.8. The number of piperazine rings is 1. The molecule has 2 aliphatic rings. The molecule has 3 amide bonds. The maximum absolute atomic E-state index is 13.2. The first-order valence-corrected chi connectivity index (χ1v) is 12.8. The molecule has 1 aromatic rings. The van der Waals surface area contributed by atoms with Crippen molar-refractivity contribution in [3.8, 4) is 0 Å². The molecule has 0 bridgehead atoms. The zero-order chi connectivity index (χ0) is 25.9. The van der Waals surface area contributed by atoms with Gasteiger partial charge in [-0.1, -0.05) is 37.6 Å². The van der Waals surface area contributed by atoms with Gasteiger partial charge >= 0.3 is 0 Å². The van der Waals surface area contributed by atoms with Crippen molar-refractivity contribution in [3.05, 3.63) is 29.3 Å². The van der Waals surface area contributed by atoms with Crippen LogP contribution in [0.2, 0.25) is 5.02 Å². The Bertz CT molecular complexity index is 935. The number of hydrogen-bond donors (Lipinski definition) is 2. The summed E-state index contributed by atoms with van der Waals surface area (Å²) in [6.07, 6.45) is 1.23. The second-order valence-corrected chi connectivity index (χ2v) is 11.4. The fourth-order valence-electron chi connectivity index (χ4n) is 5.18. The average molecular weight is 506 g/mol. The van der Waals surface area contributed by atoms with E-state index in [0.29, 0.717) is 37.5 Å². The van der Waals surface area contributed by atoms with Crippen molar-refractivity contribution in [3.63, 3.8) is 0 Å². The molecule has 35 heavy (non-hydrogen) atoms. The predicted octanol–water partition coefficient (Wildman–Crippen LogP) is 2.36. The third kappa shape index (κ3) is 6.54. The monoisotopic (exact) mass is 505 g/mol. The van der Waals surface area contributed by atoms with Gasteiger partial charge in [-0.25, -0.2) is 0 Å². The van der Waals surface area contributed by atoms with Crippen LogP contribution in [0.15, 0.2) is 24.3 Å². The summed E-state index contributed by atoms with van der Waals surface area (Å²) in [5.41, 5.74) is 0.423. The van der Waals surface area contributed by atoms with Crippen molar-refractivity contribution in [2.45, 2.75) is 58.2 Å². The minimum absolute atomic E-state index is 0.00224. The van der Waals surface area contributed by atoms with Crippen LogP contribution in [0.4, 0.5) is 5.69 Å². The van der Waals surface area contributed by atoms with Gasteiger partial charge in [0.25, 0.3) is 0 Å². The van der Waals surface area contributed by atoms with Crippen LogP contribution in [-0.2, 0) is 14.4 Å². The summed E-state index contributed by atoms with van der Waals surface area (Å²) in [5, 5.41) is 6.96. The molecule has 2 fully saturated rings. The fourth-order valence-corrected chi connectivity index (χ4v) is 5.41. The highest BCUT2D eigenvalue weighted by Gasteiger charge is 2.44. The zero-order valence-electron chi connectivity index (χ0n) is 21.8. The minimum Gasteiger partial charge on any atom is -0.347 e. The molecular formula is C26H40ClN5O3. The summed E-state index contributed by atoms with van der Waals surface area (Å²) in [5.74, 6) is -0.192. The lowest BCUT2D eigenvalue weighted by molar-refractivity contribution is -0.137. The van der Waals surface area contributed by atoms with Gasteiger partial charge in [-0.3, -0.25) is 19.3 Å². The number of para-hydroxylation sites is 1. The molecule has 0 radical (unpaired) electrons. The van der Waals surface area contributed by atoms with E-state index in [9.17, 15) is 14.4 Å². The lowest BCUT2D eigenvalue weighted by Crippen LogP contribution is -2.67. The van der Waals surface area contributed by atoms with E-state index in [4.69, 9.17) is 11.6 Å². The number of carbonyl (C=O) groups excluding carboxylic acids is 3. The Kier molecular flexibility index (Phi) is 8.83. The number of nitrogens with one attached hydrogen (secondary N) is 2.